The van der Waals surface area contributed by atoms with Gasteiger partial charge in [-0.25, -0.2) is 4.79 Å². The predicted octanol–water partition coefficient (Wildman–Crippen LogP) is 3.14. The summed E-state index contributed by atoms with van der Waals surface area (Å²) in [6.07, 6.45) is 2.18. The first-order valence-electron chi connectivity index (χ1n) is 5.51. The highest BCUT2D eigenvalue weighted by Gasteiger charge is 2.30. The van der Waals surface area contributed by atoms with Crippen molar-refractivity contribution in [3.63, 3.8) is 0 Å². The SMILES string of the molecule is C/C=C1/Cc2cc(OCC(=O)O)c(Cl)c(Cl)c2C1=O. The maximum atomic E-state index is 12.0. The molecule has 1 N–H and O–H groups in total. The zero-order chi connectivity index (χ0) is 14.2. The highest BCUT2D eigenvalue weighted by Crippen LogP contribution is 2.41. The van der Waals surface area contributed by atoms with Crippen LogP contribution in [-0.2, 0) is 11.2 Å². The molecule has 100 valence electrons. The minimum Gasteiger partial charge on any atom is -0.480 e. The number of carbonyl (C=O) groups is 2. The zero-order valence-electron chi connectivity index (χ0n) is 10.00. The molecule has 0 atom stereocenters. The molecule has 19 heavy (non-hydrogen) atoms. The highest BCUT2D eigenvalue weighted by molar-refractivity contribution is 6.45. The molecule has 0 heterocycles. The summed E-state index contributed by atoms with van der Waals surface area (Å²) < 4.78 is 5.06. The number of carboxylic acids is 1. The molecule has 1 aliphatic rings. The van der Waals surface area contributed by atoms with E-state index in [1.807, 2.05) is 0 Å². The third kappa shape index (κ3) is 2.46. The summed E-state index contributed by atoms with van der Waals surface area (Å²) in [5.41, 5.74) is 1.72. The lowest BCUT2D eigenvalue weighted by molar-refractivity contribution is -0.139. The van der Waals surface area contributed by atoms with E-state index in [1.165, 1.54) is 0 Å². The Labute approximate surface area is 119 Å². The van der Waals surface area contributed by atoms with Gasteiger partial charge in [-0.1, -0.05) is 29.3 Å². The van der Waals surface area contributed by atoms with Crippen molar-refractivity contribution in [2.24, 2.45) is 0 Å². The number of fused-ring (bicyclic) bond motifs is 1. The van der Waals surface area contributed by atoms with Gasteiger partial charge in [-0.15, -0.1) is 0 Å². The molecule has 0 saturated heterocycles. The lowest BCUT2D eigenvalue weighted by atomic mass is 10.1. The number of hydrogen-bond acceptors (Lipinski definition) is 3. The Kier molecular flexibility index (Phi) is 3.83. The number of allylic oxidation sites excluding steroid dienone is 2. The van der Waals surface area contributed by atoms with Crippen LogP contribution in [0.2, 0.25) is 10.0 Å². The van der Waals surface area contributed by atoms with Crippen LogP contribution < -0.4 is 4.74 Å². The van der Waals surface area contributed by atoms with E-state index in [9.17, 15) is 9.59 Å². The van der Waals surface area contributed by atoms with E-state index < -0.39 is 12.6 Å². The topological polar surface area (TPSA) is 63.6 Å². The molecule has 2 rings (SSSR count). The number of ketones is 1. The summed E-state index contributed by atoms with van der Waals surface area (Å²) in [6, 6.07) is 1.57. The molecule has 1 aromatic carbocycles. The standard InChI is InChI=1S/C13H10Cl2O4/c1-2-6-3-7-4-8(19-5-9(16)17)11(14)12(15)10(7)13(6)18/h2,4H,3,5H2,1H3,(H,16,17)/b6-2-. The molecule has 0 saturated carbocycles. The number of hydrogen-bond donors (Lipinski definition) is 1. The fourth-order valence-electron chi connectivity index (χ4n) is 1.96. The number of benzene rings is 1. The Hall–Kier alpha value is -1.52. The second kappa shape index (κ2) is 5.23. The van der Waals surface area contributed by atoms with Crippen LogP contribution in [0.15, 0.2) is 17.7 Å². The molecule has 0 spiro atoms. The van der Waals surface area contributed by atoms with Crippen LogP contribution in [0.3, 0.4) is 0 Å². The van der Waals surface area contributed by atoms with Gasteiger partial charge in [0.2, 0.25) is 0 Å². The molecular formula is C13H10Cl2O4. The average Bonchev–Trinajstić information content (AvgIpc) is 2.68. The van der Waals surface area contributed by atoms with Crippen LogP contribution in [0, 0.1) is 0 Å². The second-order valence-electron chi connectivity index (χ2n) is 4.04. The normalized spacial score (nSPS) is 15.7. The van der Waals surface area contributed by atoms with Gasteiger partial charge < -0.3 is 9.84 Å². The van der Waals surface area contributed by atoms with Crippen LogP contribution in [0.5, 0.6) is 5.75 Å². The fraction of sp³-hybridized carbons (Fsp3) is 0.231. The number of halogens is 2. The molecule has 6 heteroatoms. The number of ether oxygens (including phenoxy) is 1. The van der Waals surface area contributed by atoms with E-state index in [0.717, 1.165) is 0 Å². The first-order chi connectivity index (χ1) is 8.95. The van der Waals surface area contributed by atoms with Gasteiger partial charge in [0, 0.05) is 17.6 Å². The van der Waals surface area contributed by atoms with Crippen molar-refractivity contribution in [2.45, 2.75) is 13.3 Å². The van der Waals surface area contributed by atoms with Gasteiger partial charge in [0.1, 0.15) is 10.8 Å². The summed E-state index contributed by atoms with van der Waals surface area (Å²) in [4.78, 5) is 22.5. The molecular weight excluding hydrogens is 291 g/mol. The molecule has 0 aromatic heterocycles. The van der Waals surface area contributed by atoms with Crippen LogP contribution in [0.25, 0.3) is 0 Å². The monoisotopic (exact) mass is 300 g/mol. The van der Waals surface area contributed by atoms with E-state index in [1.54, 1.807) is 19.1 Å². The van der Waals surface area contributed by atoms with Gasteiger partial charge in [0.15, 0.2) is 12.4 Å². The molecule has 0 unspecified atom stereocenters. The van der Waals surface area contributed by atoms with Crippen LogP contribution in [0.4, 0.5) is 0 Å². The highest BCUT2D eigenvalue weighted by atomic mass is 35.5. The molecule has 1 aromatic rings. The van der Waals surface area contributed by atoms with Gasteiger partial charge in [0.25, 0.3) is 0 Å². The van der Waals surface area contributed by atoms with Gasteiger partial charge in [-0.3, -0.25) is 4.79 Å². The Morgan fingerprint density at radius 1 is 1.47 bits per heavy atom. The van der Waals surface area contributed by atoms with E-state index in [4.69, 9.17) is 33.0 Å². The third-order valence-corrected chi connectivity index (χ3v) is 3.70. The minimum absolute atomic E-state index is 0.0624. The summed E-state index contributed by atoms with van der Waals surface area (Å²) in [5.74, 6) is -1.08. The fourth-order valence-corrected chi connectivity index (χ4v) is 2.47. The van der Waals surface area contributed by atoms with Crippen molar-refractivity contribution >= 4 is 35.0 Å². The lowest BCUT2D eigenvalue weighted by Gasteiger charge is -2.10. The number of Topliss-reactive ketones (excluding diaryl/α,β-unsaturated/α-hetero) is 1. The molecule has 0 radical (unpaired) electrons. The number of rotatable bonds is 3. The largest absolute Gasteiger partial charge is 0.480 e. The molecule has 0 aliphatic heterocycles. The Balaban J connectivity index is 2.46. The summed E-state index contributed by atoms with van der Waals surface area (Å²) >= 11 is 12.1. The summed E-state index contributed by atoms with van der Waals surface area (Å²) in [7, 11) is 0. The molecule has 0 bridgehead atoms. The number of aliphatic carboxylic acids is 1. The molecule has 0 fully saturated rings. The van der Waals surface area contributed by atoms with Crippen molar-refractivity contribution in [1.82, 2.24) is 0 Å². The average molecular weight is 301 g/mol. The Bertz CT molecular complexity index is 605. The van der Waals surface area contributed by atoms with Crippen LogP contribution in [-0.4, -0.2) is 23.5 Å². The molecule has 1 aliphatic carbocycles. The van der Waals surface area contributed by atoms with Gasteiger partial charge >= 0.3 is 5.97 Å². The smallest absolute Gasteiger partial charge is 0.341 e. The van der Waals surface area contributed by atoms with Crippen molar-refractivity contribution in [3.8, 4) is 5.75 Å². The summed E-state index contributed by atoms with van der Waals surface area (Å²) in [5, 5.41) is 8.76. The molecule has 0 amide bonds. The van der Waals surface area contributed by atoms with Crippen molar-refractivity contribution < 1.29 is 19.4 Å². The third-order valence-electron chi connectivity index (χ3n) is 2.85. The minimum atomic E-state index is -1.11. The lowest BCUT2D eigenvalue weighted by Crippen LogP contribution is -2.10. The summed E-state index contributed by atoms with van der Waals surface area (Å²) in [6.45, 7) is 1.26. The first kappa shape index (κ1) is 13.9. The number of carbonyl (C=O) groups excluding carboxylic acids is 1. The van der Waals surface area contributed by atoms with E-state index in [2.05, 4.69) is 0 Å². The van der Waals surface area contributed by atoms with Gasteiger partial charge in [-0.2, -0.15) is 0 Å². The molecule has 4 nitrogen and oxygen atoms in total. The van der Waals surface area contributed by atoms with Gasteiger partial charge in [0.05, 0.1) is 5.02 Å². The van der Waals surface area contributed by atoms with Crippen molar-refractivity contribution in [2.75, 3.05) is 6.61 Å². The Morgan fingerprint density at radius 3 is 2.74 bits per heavy atom. The van der Waals surface area contributed by atoms with Crippen LogP contribution >= 0.6 is 23.2 Å². The number of carboxylic acid groups (broad SMARTS) is 1. The van der Waals surface area contributed by atoms with Crippen molar-refractivity contribution in [1.29, 1.82) is 0 Å². The van der Waals surface area contributed by atoms with E-state index >= 15 is 0 Å². The Morgan fingerprint density at radius 2 is 2.16 bits per heavy atom. The predicted molar refractivity (Wildman–Crippen MR) is 71.4 cm³/mol. The van der Waals surface area contributed by atoms with E-state index in [0.29, 0.717) is 23.1 Å². The van der Waals surface area contributed by atoms with E-state index in [-0.39, 0.29) is 21.6 Å². The van der Waals surface area contributed by atoms with Crippen molar-refractivity contribution in [3.05, 3.63) is 38.9 Å². The maximum absolute atomic E-state index is 12.0. The first-order valence-corrected chi connectivity index (χ1v) is 6.26. The quantitative estimate of drug-likeness (QED) is 0.871. The second-order valence-corrected chi connectivity index (χ2v) is 4.79. The maximum Gasteiger partial charge on any atom is 0.341 e. The zero-order valence-corrected chi connectivity index (χ0v) is 11.5. The van der Waals surface area contributed by atoms with Gasteiger partial charge in [-0.05, 0) is 18.6 Å². The van der Waals surface area contributed by atoms with Crippen LogP contribution in [0.1, 0.15) is 22.8 Å².